The van der Waals surface area contributed by atoms with Crippen LogP contribution in [0.1, 0.15) is 71.6 Å². The van der Waals surface area contributed by atoms with Crippen molar-refractivity contribution in [3.63, 3.8) is 0 Å². The van der Waals surface area contributed by atoms with Gasteiger partial charge in [-0.05, 0) is 19.8 Å². The number of unbranched alkanes of at least 4 members (excludes halogenated alkanes) is 7. The summed E-state index contributed by atoms with van der Waals surface area (Å²) in [5, 5.41) is 0. The van der Waals surface area contributed by atoms with Crippen molar-refractivity contribution in [2.75, 3.05) is 0 Å². The smallest absolute Gasteiger partial charge is 0.0320 e. The van der Waals surface area contributed by atoms with Crippen LogP contribution in [0.4, 0.5) is 0 Å². The Balaban J connectivity index is 3.11. The summed E-state index contributed by atoms with van der Waals surface area (Å²) < 4.78 is 0. The third kappa shape index (κ3) is 11.4. The maximum absolute atomic E-state index is 3.71. The van der Waals surface area contributed by atoms with Gasteiger partial charge in [0.05, 0.1) is 0 Å². The molecule has 0 saturated carbocycles. The fraction of sp³-hybridized carbons (Fsp3) is 0.733. The van der Waals surface area contributed by atoms with E-state index in [4.69, 9.17) is 0 Å². The highest BCUT2D eigenvalue weighted by Crippen LogP contribution is 2.12. The van der Waals surface area contributed by atoms with Crippen LogP contribution in [-0.2, 0) is 0 Å². The minimum Gasteiger partial charge on any atom is -0.0991 e. The average Bonchev–Trinajstić information content (AvgIpc) is 2.22. The molecule has 0 aromatic rings. The molecule has 0 fully saturated rings. The van der Waals surface area contributed by atoms with Gasteiger partial charge >= 0.3 is 0 Å². The molecule has 0 heteroatoms. The zero-order chi connectivity index (χ0) is 11.4. The highest BCUT2D eigenvalue weighted by Gasteiger charge is 1.92. The van der Waals surface area contributed by atoms with Crippen molar-refractivity contribution in [1.82, 2.24) is 0 Å². The van der Waals surface area contributed by atoms with Crippen LogP contribution >= 0.6 is 0 Å². The van der Waals surface area contributed by atoms with Crippen molar-refractivity contribution in [3.05, 3.63) is 24.3 Å². The molecule has 0 aliphatic heterocycles. The van der Waals surface area contributed by atoms with Crippen molar-refractivity contribution in [2.24, 2.45) is 0 Å². The summed E-state index contributed by atoms with van der Waals surface area (Å²) in [4.78, 5) is 0. The first-order chi connectivity index (χ1) is 7.31. The van der Waals surface area contributed by atoms with Crippen molar-refractivity contribution in [2.45, 2.75) is 71.6 Å². The monoisotopic (exact) mass is 208 g/mol. The van der Waals surface area contributed by atoms with E-state index in [2.05, 4.69) is 26.5 Å². The lowest BCUT2D eigenvalue weighted by Gasteiger charge is -2.02. The lowest BCUT2D eigenvalue weighted by atomic mass is 10.0. The van der Waals surface area contributed by atoms with E-state index in [9.17, 15) is 0 Å². The molecule has 0 aliphatic carbocycles. The first kappa shape index (κ1) is 14.5. The van der Waals surface area contributed by atoms with Gasteiger partial charge in [0.25, 0.3) is 0 Å². The summed E-state index contributed by atoms with van der Waals surface area (Å²) in [6.45, 7) is 8.18. The zero-order valence-electron chi connectivity index (χ0n) is 10.7. The van der Waals surface area contributed by atoms with Gasteiger partial charge in [0.1, 0.15) is 0 Å². The van der Waals surface area contributed by atoms with E-state index < -0.39 is 0 Å². The molecular formula is C15H28. The van der Waals surface area contributed by atoms with Crippen LogP contribution in [0.25, 0.3) is 0 Å². The molecule has 15 heavy (non-hydrogen) atoms. The molecule has 0 bridgehead atoms. The predicted molar refractivity (Wildman–Crippen MR) is 71.2 cm³/mol. The second-order valence-electron chi connectivity index (χ2n) is 4.47. The summed E-state index contributed by atoms with van der Waals surface area (Å²) >= 11 is 0. The van der Waals surface area contributed by atoms with Crippen LogP contribution in [-0.4, -0.2) is 0 Å². The Morgan fingerprint density at radius 3 is 2.00 bits per heavy atom. The maximum Gasteiger partial charge on any atom is -0.0320 e. The van der Waals surface area contributed by atoms with E-state index in [1.54, 1.807) is 0 Å². The van der Waals surface area contributed by atoms with E-state index in [0.717, 1.165) is 0 Å². The second-order valence-corrected chi connectivity index (χ2v) is 4.47. The number of rotatable bonds is 10. The molecule has 0 aromatic carbocycles. The van der Waals surface area contributed by atoms with E-state index in [1.807, 2.05) is 6.08 Å². The van der Waals surface area contributed by atoms with Gasteiger partial charge in [-0.25, -0.2) is 0 Å². The van der Waals surface area contributed by atoms with Crippen molar-refractivity contribution in [3.8, 4) is 0 Å². The lowest BCUT2D eigenvalue weighted by Crippen LogP contribution is -1.82. The van der Waals surface area contributed by atoms with E-state index >= 15 is 0 Å². The van der Waals surface area contributed by atoms with E-state index in [0.29, 0.717) is 0 Å². The van der Waals surface area contributed by atoms with Crippen LogP contribution in [0.3, 0.4) is 0 Å². The van der Waals surface area contributed by atoms with Gasteiger partial charge in [-0.1, -0.05) is 76.2 Å². The normalized spacial score (nSPS) is 11.7. The SMILES string of the molecule is C=CC=C(C)CCCCCCCCCC. The average molecular weight is 208 g/mol. The quantitative estimate of drug-likeness (QED) is 0.321. The highest BCUT2D eigenvalue weighted by molar-refractivity contribution is 5.07. The van der Waals surface area contributed by atoms with Gasteiger partial charge in [-0.15, -0.1) is 0 Å². The molecule has 0 aliphatic rings. The van der Waals surface area contributed by atoms with Crippen LogP contribution in [0.2, 0.25) is 0 Å². The van der Waals surface area contributed by atoms with Gasteiger partial charge in [0.2, 0.25) is 0 Å². The molecule has 88 valence electrons. The number of hydrogen-bond donors (Lipinski definition) is 0. The zero-order valence-corrected chi connectivity index (χ0v) is 10.7. The molecule has 0 saturated heterocycles. The molecule has 0 aromatic heterocycles. The Labute approximate surface area is 96.5 Å². The largest absolute Gasteiger partial charge is 0.0991 e. The van der Waals surface area contributed by atoms with Crippen molar-refractivity contribution >= 4 is 0 Å². The Kier molecular flexibility index (Phi) is 11.2. The molecular weight excluding hydrogens is 180 g/mol. The minimum atomic E-state index is 1.25. The molecule has 0 N–H and O–H groups in total. The van der Waals surface area contributed by atoms with E-state index in [1.165, 1.54) is 63.4 Å². The lowest BCUT2D eigenvalue weighted by molar-refractivity contribution is 0.575. The summed E-state index contributed by atoms with van der Waals surface area (Å²) in [6.07, 6.45) is 16.5. The standard InChI is InChI=1S/C15H28/c1-4-6-7-8-9-10-11-12-14-15(3)13-5-2/h5,13H,2,4,6-12,14H2,1,3H3. The minimum absolute atomic E-state index is 1.25. The molecule has 0 amide bonds. The first-order valence-electron chi connectivity index (χ1n) is 6.59. The highest BCUT2D eigenvalue weighted by atomic mass is 14.0. The summed E-state index contributed by atoms with van der Waals surface area (Å²) in [6, 6.07) is 0. The van der Waals surface area contributed by atoms with Gasteiger partial charge < -0.3 is 0 Å². The van der Waals surface area contributed by atoms with Gasteiger partial charge in [0, 0.05) is 0 Å². The first-order valence-corrected chi connectivity index (χ1v) is 6.59. The summed E-state index contributed by atoms with van der Waals surface area (Å²) in [7, 11) is 0. The molecule has 0 unspecified atom stereocenters. The predicted octanol–water partition coefficient (Wildman–Crippen LogP) is 5.65. The van der Waals surface area contributed by atoms with Crippen molar-refractivity contribution in [1.29, 1.82) is 0 Å². The molecule has 0 rings (SSSR count). The third-order valence-corrected chi connectivity index (χ3v) is 2.83. The topological polar surface area (TPSA) is 0 Å². The summed E-state index contributed by atoms with van der Waals surface area (Å²) in [5.41, 5.74) is 1.47. The Hall–Kier alpha value is -0.520. The number of hydrogen-bond acceptors (Lipinski definition) is 0. The molecule has 0 nitrogen and oxygen atoms in total. The summed E-state index contributed by atoms with van der Waals surface area (Å²) in [5.74, 6) is 0. The fourth-order valence-electron chi connectivity index (χ4n) is 1.82. The Morgan fingerprint density at radius 1 is 0.933 bits per heavy atom. The molecule has 0 heterocycles. The van der Waals surface area contributed by atoms with Crippen LogP contribution in [0.15, 0.2) is 24.3 Å². The fourth-order valence-corrected chi connectivity index (χ4v) is 1.82. The molecule has 0 radical (unpaired) electrons. The Bertz CT molecular complexity index is 165. The third-order valence-electron chi connectivity index (χ3n) is 2.83. The van der Waals surface area contributed by atoms with Crippen molar-refractivity contribution < 1.29 is 0 Å². The van der Waals surface area contributed by atoms with Crippen LogP contribution < -0.4 is 0 Å². The molecule has 0 spiro atoms. The van der Waals surface area contributed by atoms with Crippen LogP contribution in [0, 0.1) is 0 Å². The van der Waals surface area contributed by atoms with E-state index in [-0.39, 0.29) is 0 Å². The van der Waals surface area contributed by atoms with Gasteiger partial charge in [0.15, 0.2) is 0 Å². The van der Waals surface area contributed by atoms with Crippen LogP contribution in [0.5, 0.6) is 0 Å². The number of allylic oxidation sites excluding steroid dienone is 3. The van der Waals surface area contributed by atoms with Gasteiger partial charge in [-0.3, -0.25) is 0 Å². The Morgan fingerprint density at radius 2 is 1.47 bits per heavy atom. The maximum atomic E-state index is 3.71. The molecule has 0 atom stereocenters. The van der Waals surface area contributed by atoms with Gasteiger partial charge in [-0.2, -0.15) is 0 Å². The second kappa shape index (κ2) is 11.6.